The van der Waals surface area contributed by atoms with Crippen molar-refractivity contribution in [3.05, 3.63) is 51.5 Å². The third-order valence-corrected chi connectivity index (χ3v) is 4.43. The smallest absolute Gasteiger partial charge is 0.0416 e. The Bertz CT molecular complexity index is 522. The van der Waals surface area contributed by atoms with Crippen molar-refractivity contribution in [3.8, 4) is 0 Å². The second kappa shape index (κ2) is 7.53. The molecule has 3 nitrogen and oxygen atoms in total. The van der Waals surface area contributed by atoms with E-state index in [2.05, 4.69) is 47.4 Å². The minimum Gasteiger partial charge on any atom is -0.315 e. The number of likely N-dealkylation sites (N-methyl/N-ethyl adjacent to an activating group) is 1. The highest BCUT2D eigenvalue weighted by Gasteiger charge is 2.08. The molecule has 1 N–H and O–H groups in total. The van der Waals surface area contributed by atoms with Gasteiger partial charge in [-0.25, -0.2) is 0 Å². The third kappa shape index (κ3) is 4.40. The zero-order chi connectivity index (χ0) is 14.4. The first-order valence-corrected chi connectivity index (χ1v) is 7.82. The molecule has 0 aliphatic carbocycles. The molecule has 0 radical (unpaired) electrons. The number of thiophene rings is 1. The van der Waals surface area contributed by atoms with Crippen LogP contribution in [0.5, 0.6) is 0 Å². The highest BCUT2D eigenvalue weighted by atomic mass is 32.1. The first-order chi connectivity index (χ1) is 9.69. The summed E-state index contributed by atoms with van der Waals surface area (Å²) in [6, 6.07) is 8.43. The summed E-state index contributed by atoms with van der Waals surface area (Å²) in [5.41, 5.74) is 2.61. The molecular weight excluding hydrogens is 266 g/mol. The molecule has 0 amide bonds. The number of aromatic nitrogens is 1. The third-order valence-electron chi connectivity index (χ3n) is 3.34. The predicted octanol–water partition coefficient (Wildman–Crippen LogP) is 2.85. The van der Waals surface area contributed by atoms with E-state index in [9.17, 15) is 0 Å². The Morgan fingerprint density at radius 3 is 2.90 bits per heavy atom. The molecule has 2 rings (SSSR count). The summed E-state index contributed by atoms with van der Waals surface area (Å²) in [5.74, 6) is 0. The van der Waals surface area contributed by atoms with Crippen molar-refractivity contribution in [2.45, 2.75) is 26.4 Å². The maximum atomic E-state index is 4.37. The average molecular weight is 289 g/mol. The van der Waals surface area contributed by atoms with Crippen LogP contribution in [0.3, 0.4) is 0 Å². The predicted molar refractivity (Wildman–Crippen MR) is 86.1 cm³/mol. The molecule has 0 saturated carbocycles. The van der Waals surface area contributed by atoms with Crippen molar-refractivity contribution in [1.29, 1.82) is 0 Å². The molecule has 0 saturated heterocycles. The fourth-order valence-electron chi connectivity index (χ4n) is 2.23. The molecule has 0 unspecified atom stereocenters. The first-order valence-electron chi connectivity index (χ1n) is 7.00. The van der Waals surface area contributed by atoms with E-state index < -0.39 is 0 Å². The van der Waals surface area contributed by atoms with E-state index in [1.165, 1.54) is 15.3 Å². The van der Waals surface area contributed by atoms with Crippen LogP contribution in [0, 0.1) is 6.92 Å². The molecule has 2 aromatic rings. The van der Waals surface area contributed by atoms with E-state index in [0.29, 0.717) is 0 Å². The van der Waals surface area contributed by atoms with Crippen LogP contribution in [0.25, 0.3) is 0 Å². The van der Waals surface area contributed by atoms with Crippen LogP contribution in [-0.2, 0) is 19.5 Å². The molecule has 0 atom stereocenters. The van der Waals surface area contributed by atoms with E-state index in [1.54, 1.807) is 0 Å². The summed E-state index contributed by atoms with van der Waals surface area (Å²) in [5, 5.41) is 3.21. The SMILES string of the molecule is CNCc1cc(CN(C)CCc2ccccn2)c(C)s1. The summed E-state index contributed by atoms with van der Waals surface area (Å²) >= 11 is 1.89. The fraction of sp³-hybridized carbons (Fsp3) is 0.438. The molecule has 0 aromatic carbocycles. The molecular formula is C16H23N3S. The molecule has 20 heavy (non-hydrogen) atoms. The molecule has 0 spiro atoms. The van der Waals surface area contributed by atoms with Gasteiger partial charge in [-0.1, -0.05) is 6.07 Å². The number of pyridine rings is 1. The minimum atomic E-state index is 0.961. The van der Waals surface area contributed by atoms with E-state index in [-0.39, 0.29) is 0 Å². The molecule has 108 valence electrons. The Labute approximate surface area is 125 Å². The molecule has 2 heterocycles. The summed E-state index contributed by atoms with van der Waals surface area (Å²) in [6.07, 6.45) is 2.87. The van der Waals surface area contributed by atoms with Crippen LogP contribution in [-0.4, -0.2) is 30.5 Å². The quantitative estimate of drug-likeness (QED) is 0.849. The lowest BCUT2D eigenvalue weighted by Crippen LogP contribution is -2.21. The number of rotatable bonds is 7. The Morgan fingerprint density at radius 1 is 1.35 bits per heavy atom. The topological polar surface area (TPSA) is 28.2 Å². The Hall–Kier alpha value is -1.23. The van der Waals surface area contributed by atoms with Gasteiger partial charge in [0.1, 0.15) is 0 Å². The molecule has 4 heteroatoms. The highest BCUT2D eigenvalue weighted by Crippen LogP contribution is 2.22. The van der Waals surface area contributed by atoms with Gasteiger partial charge in [-0.2, -0.15) is 0 Å². The first kappa shape index (κ1) is 15.2. The number of aryl methyl sites for hydroxylation is 1. The van der Waals surface area contributed by atoms with Gasteiger partial charge < -0.3 is 10.2 Å². The van der Waals surface area contributed by atoms with Crippen LogP contribution in [0.1, 0.15) is 21.0 Å². The summed E-state index contributed by atoms with van der Waals surface area (Å²) in [7, 11) is 4.17. The molecule has 0 aliphatic rings. The van der Waals surface area contributed by atoms with Crippen LogP contribution in [0.15, 0.2) is 30.5 Å². The lowest BCUT2D eigenvalue weighted by molar-refractivity contribution is 0.330. The normalized spacial score (nSPS) is 11.2. The van der Waals surface area contributed by atoms with Gasteiger partial charge in [0, 0.05) is 47.7 Å². The summed E-state index contributed by atoms with van der Waals surface area (Å²) < 4.78 is 0. The Morgan fingerprint density at radius 2 is 2.20 bits per heavy atom. The van der Waals surface area contributed by atoms with Crippen LogP contribution in [0.2, 0.25) is 0 Å². The lowest BCUT2D eigenvalue weighted by atomic mass is 10.2. The average Bonchev–Trinajstić information content (AvgIpc) is 2.78. The zero-order valence-corrected chi connectivity index (χ0v) is 13.3. The van der Waals surface area contributed by atoms with Crippen molar-refractivity contribution < 1.29 is 0 Å². The van der Waals surface area contributed by atoms with Gasteiger partial charge >= 0.3 is 0 Å². The van der Waals surface area contributed by atoms with Crippen molar-refractivity contribution in [3.63, 3.8) is 0 Å². The van der Waals surface area contributed by atoms with E-state index >= 15 is 0 Å². The van der Waals surface area contributed by atoms with Gasteiger partial charge in [0.05, 0.1) is 0 Å². The van der Waals surface area contributed by atoms with Crippen molar-refractivity contribution in [2.75, 3.05) is 20.6 Å². The van der Waals surface area contributed by atoms with E-state index in [0.717, 1.165) is 31.7 Å². The van der Waals surface area contributed by atoms with Crippen molar-refractivity contribution >= 4 is 11.3 Å². The monoisotopic (exact) mass is 289 g/mol. The second-order valence-corrected chi connectivity index (χ2v) is 6.47. The van der Waals surface area contributed by atoms with Gasteiger partial charge in [0.2, 0.25) is 0 Å². The van der Waals surface area contributed by atoms with E-state index in [1.807, 2.05) is 30.6 Å². The van der Waals surface area contributed by atoms with Gasteiger partial charge in [-0.3, -0.25) is 4.98 Å². The number of hydrogen-bond donors (Lipinski definition) is 1. The second-order valence-electron chi connectivity index (χ2n) is 5.13. The standard InChI is InChI=1S/C16H23N3S/c1-13-14(10-16(20-13)11-17-2)12-19(3)9-7-15-6-4-5-8-18-15/h4-6,8,10,17H,7,9,11-12H2,1-3H3. The zero-order valence-electron chi connectivity index (χ0n) is 12.5. The number of hydrogen-bond acceptors (Lipinski definition) is 4. The van der Waals surface area contributed by atoms with Crippen LogP contribution in [0.4, 0.5) is 0 Å². The van der Waals surface area contributed by atoms with Gasteiger partial charge in [0.15, 0.2) is 0 Å². The Balaban J connectivity index is 1.86. The van der Waals surface area contributed by atoms with E-state index in [4.69, 9.17) is 0 Å². The molecule has 0 fully saturated rings. The molecule has 0 aliphatic heterocycles. The van der Waals surface area contributed by atoms with Gasteiger partial charge in [-0.05, 0) is 44.8 Å². The van der Waals surface area contributed by atoms with Crippen LogP contribution < -0.4 is 5.32 Å². The number of nitrogens with one attached hydrogen (secondary N) is 1. The van der Waals surface area contributed by atoms with Crippen LogP contribution >= 0.6 is 11.3 Å². The van der Waals surface area contributed by atoms with Crippen molar-refractivity contribution in [2.24, 2.45) is 0 Å². The van der Waals surface area contributed by atoms with Gasteiger partial charge in [-0.15, -0.1) is 11.3 Å². The molecule has 2 aromatic heterocycles. The number of nitrogens with zero attached hydrogens (tertiary/aromatic N) is 2. The molecule has 0 bridgehead atoms. The fourth-order valence-corrected chi connectivity index (χ4v) is 3.29. The lowest BCUT2D eigenvalue weighted by Gasteiger charge is -2.16. The summed E-state index contributed by atoms with van der Waals surface area (Å²) in [4.78, 5) is 9.58. The maximum Gasteiger partial charge on any atom is 0.0416 e. The summed E-state index contributed by atoms with van der Waals surface area (Å²) in [6.45, 7) is 5.22. The maximum absolute atomic E-state index is 4.37. The largest absolute Gasteiger partial charge is 0.315 e. The highest BCUT2D eigenvalue weighted by molar-refractivity contribution is 7.12. The van der Waals surface area contributed by atoms with Crippen molar-refractivity contribution in [1.82, 2.24) is 15.2 Å². The minimum absolute atomic E-state index is 0.961. The van der Waals surface area contributed by atoms with Gasteiger partial charge in [0.25, 0.3) is 0 Å². The Kier molecular flexibility index (Phi) is 5.71.